The molecule has 2 aromatic heterocycles. The van der Waals surface area contributed by atoms with E-state index in [4.69, 9.17) is 16.9 Å². The van der Waals surface area contributed by atoms with Crippen LogP contribution in [0.15, 0.2) is 12.1 Å². The number of nitrogens with one attached hydrogen (secondary N) is 1. The molecule has 1 aliphatic heterocycles. The minimum absolute atomic E-state index is 0.144. The Balaban J connectivity index is 1.91. The standard InChI is InChI=1S/C18H18ClF2N5/c1-10-14-9-26(11(2)12-3-4-15(20)24-17(12)21)8-5-13(14)18(23-7-6-22)25-16(10)19/h3-4,11H,5,7-9H2,1-2H3,(H,23,25). The quantitative estimate of drug-likeness (QED) is 0.649. The lowest BCUT2D eigenvalue weighted by Gasteiger charge is -2.35. The molecule has 0 saturated heterocycles. The van der Waals surface area contributed by atoms with E-state index in [1.165, 1.54) is 12.1 Å². The molecule has 0 radical (unpaired) electrons. The van der Waals surface area contributed by atoms with Gasteiger partial charge in [0, 0.05) is 30.3 Å². The molecule has 2 aromatic rings. The summed E-state index contributed by atoms with van der Waals surface area (Å²) in [6, 6.07) is 4.37. The normalized spacial score (nSPS) is 15.2. The molecule has 0 saturated carbocycles. The molecule has 0 amide bonds. The number of hydrogen-bond donors (Lipinski definition) is 1. The van der Waals surface area contributed by atoms with Crippen LogP contribution in [-0.2, 0) is 13.0 Å². The number of fused-ring (bicyclic) bond motifs is 1. The van der Waals surface area contributed by atoms with E-state index in [1.807, 2.05) is 19.9 Å². The van der Waals surface area contributed by atoms with Crippen LogP contribution >= 0.6 is 11.6 Å². The van der Waals surface area contributed by atoms with Crippen molar-refractivity contribution in [2.75, 3.05) is 18.4 Å². The Kier molecular flexibility index (Phi) is 5.35. The summed E-state index contributed by atoms with van der Waals surface area (Å²) in [6.07, 6.45) is 0.689. The monoisotopic (exact) mass is 377 g/mol. The lowest BCUT2D eigenvalue weighted by atomic mass is 9.95. The van der Waals surface area contributed by atoms with Crippen LogP contribution in [0.25, 0.3) is 0 Å². The highest BCUT2D eigenvalue weighted by molar-refractivity contribution is 6.30. The van der Waals surface area contributed by atoms with Gasteiger partial charge in [-0.05, 0) is 43.5 Å². The first kappa shape index (κ1) is 18.5. The maximum Gasteiger partial charge on any atom is 0.220 e. The average molecular weight is 378 g/mol. The molecule has 1 atom stereocenters. The fraction of sp³-hybridized carbons (Fsp3) is 0.389. The fourth-order valence-corrected chi connectivity index (χ4v) is 3.49. The second kappa shape index (κ2) is 7.52. The van der Waals surface area contributed by atoms with Crippen molar-refractivity contribution in [2.45, 2.75) is 32.9 Å². The molecular weight excluding hydrogens is 360 g/mol. The largest absolute Gasteiger partial charge is 0.357 e. The SMILES string of the molecule is Cc1c(Cl)nc(NCC#N)c2c1CN(C(C)c1ccc(F)nc1F)CC2. The van der Waals surface area contributed by atoms with Crippen molar-refractivity contribution in [1.29, 1.82) is 5.26 Å². The van der Waals surface area contributed by atoms with Crippen molar-refractivity contribution in [3.05, 3.63) is 51.4 Å². The highest BCUT2D eigenvalue weighted by Crippen LogP contribution is 2.34. The predicted octanol–water partition coefficient (Wildman–Crippen LogP) is 3.77. The summed E-state index contributed by atoms with van der Waals surface area (Å²) in [5.74, 6) is -0.993. The Morgan fingerprint density at radius 3 is 2.81 bits per heavy atom. The molecule has 1 aliphatic rings. The summed E-state index contributed by atoms with van der Waals surface area (Å²) >= 11 is 6.25. The number of nitriles is 1. The summed E-state index contributed by atoms with van der Waals surface area (Å²) in [5, 5.41) is 12.2. The minimum Gasteiger partial charge on any atom is -0.357 e. The van der Waals surface area contributed by atoms with Gasteiger partial charge >= 0.3 is 0 Å². The zero-order valence-electron chi connectivity index (χ0n) is 14.5. The highest BCUT2D eigenvalue weighted by Gasteiger charge is 2.28. The molecule has 1 unspecified atom stereocenters. The molecule has 0 fully saturated rings. The summed E-state index contributed by atoms with van der Waals surface area (Å²) in [6.45, 7) is 5.15. The van der Waals surface area contributed by atoms with Crippen molar-refractivity contribution < 1.29 is 8.78 Å². The van der Waals surface area contributed by atoms with Crippen molar-refractivity contribution in [3.63, 3.8) is 0 Å². The molecule has 8 heteroatoms. The van der Waals surface area contributed by atoms with E-state index in [2.05, 4.69) is 20.2 Å². The maximum absolute atomic E-state index is 14.0. The molecule has 0 aromatic carbocycles. The van der Waals surface area contributed by atoms with Crippen molar-refractivity contribution in [3.8, 4) is 6.07 Å². The van der Waals surface area contributed by atoms with Gasteiger partial charge in [-0.15, -0.1) is 0 Å². The number of nitrogens with zero attached hydrogens (tertiary/aromatic N) is 4. The minimum atomic E-state index is -0.829. The molecule has 3 rings (SSSR count). The molecule has 3 heterocycles. The van der Waals surface area contributed by atoms with Gasteiger partial charge in [0.2, 0.25) is 11.9 Å². The Labute approximate surface area is 155 Å². The average Bonchev–Trinajstić information content (AvgIpc) is 2.62. The zero-order valence-corrected chi connectivity index (χ0v) is 15.2. The van der Waals surface area contributed by atoms with Gasteiger partial charge in [0.25, 0.3) is 0 Å². The van der Waals surface area contributed by atoms with Gasteiger partial charge in [-0.25, -0.2) is 4.98 Å². The fourth-order valence-electron chi connectivity index (χ4n) is 3.30. The Hall–Kier alpha value is -2.30. The van der Waals surface area contributed by atoms with Gasteiger partial charge in [-0.2, -0.15) is 19.0 Å². The van der Waals surface area contributed by atoms with Crippen molar-refractivity contribution >= 4 is 17.4 Å². The Morgan fingerprint density at radius 1 is 1.35 bits per heavy atom. The molecule has 0 bridgehead atoms. The van der Waals surface area contributed by atoms with E-state index in [1.54, 1.807) is 0 Å². The van der Waals surface area contributed by atoms with E-state index in [-0.39, 0.29) is 12.6 Å². The first-order valence-electron chi connectivity index (χ1n) is 8.27. The number of anilines is 1. The Morgan fingerprint density at radius 2 is 2.12 bits per heavy atom. The second-order valence-electron chi connectivity index (χ2n) is 6.26. The number of aromatic nitrogens is 2. The lowest BCUT2D eigenvalue weighted by molar-refractivity contribution is 0.187. The second-order valence-corrected chi connectivity index (χ2v) is 6.61. The van der Waals surface area contributed by atoms with Gasteiger partial charge in [0.05, 0.1) is 6.07 Å². The van der Waals surface area contributed by atoms with Gasteiger partial charge in [0.1, 0.15) is 17.5 Å². The van der Waals surface area contributed by atoms with Gasteiger partial charge in [-0.3, -0.25) is 4.90 Å². The highest BCUT2D eigenvalue weighted by atomic mass is 35.5. The molecule has 1 N–H and O–H groups in total. The smallest absolute Gasteiger partial charge is 0.220 e. The van der Waals surface area contributed by atoms with E-state index >= 15 is 0 Å². The van der Waals surface area contributed by atoms with Crippen LogP contribution in [0.5, 0.6) is 0 Å². The summed E-state index contributed by atoms with van der Waals surface area (Å²) in [7, 11) is 0. The summed E-state index contributed by atoms with van der Waals surface area (Å²) in [4.78, 5) is 9.72. The van der Waals surface area contributed by atoms with Gasteiger partial charge < -0.3 is 5.32 Å². The lowest BCUT2D eigenvalue weighted by Crippen LogP contribution is -2.34. The third-order valence-corrected chi connectivity index (χ3v) is 5.18. The number of pyridine rings is 2. The third kappa shape index (κ3) is 3.48. The van der Waals surface area contributed by atoms with Crippen LogP contribution in [0, 0.1) is 30.2 Å². The first-order valence-corrected chi connectivity index (χ1v) is 8.64. The van der Waals surface area contributed by atoms with Crippen LogP contribution < -0.4 is 5.32 Å². The summed E-state index contributed by atoms with van der Waals surface area (Å²) < 4.78 is 27.1. The molecule has 26 heavy (non-hydrogen) atoms. The predicted molar refractivity (Wildman–Crippen MR) is 94.8 cm³/mol. The van der Waals surface area contributed by atoms with Gasteiger partial charge in [0.15, 0.2) is 0 Å². The first-order chi connectivity index (χ1) is 12.4. The van der Waals surface area contributed by atoms with E-state index in [0.29, 0.717) is 36.0 Å². The van der Waals surface area contributed by atoms with E-state index in [9.17, 15) is 8.78 Å². The molecule has 0 aliphatic carbocycles. The molecular formula is C18H18ClF2N5. The number of halogens is 3. The number of hydrogen-bond acceptors (Lipinski definition) is 5. The molecule has 0 spiro atoms. The van der Waals surface area contributed by atoms with E-state index < -0.39 is 11.9 Å². The van der Waals surface area contributed by atoms with Crippen molar-refractivity contribution in [2.24, 2.45) is 0 Å². The van der Waals surface area contributed by atoms with Crippen LogP contribution in [-0.4, -0.2) is 28.0 Å². The topological polar surface area (TPSA) is 64.8 Å². The van der Waals surface area contributed by atoms with Crippen LogP contribution in [0.1, 0.15) is 35.2 Å². The maximum atomic E-state index is 14.0. The van der Waals surface area contributed by atoms with E-state index in [0.717, 1.165) is 16.7 Å². The van der Waals surface area contributed by atoms with Crippen LogP contribution in [0.4, 0.5) is 14.6 Å². The summed E-state index contributed by atoms with van der Waals surface area (Å²) in [5.41, 5.74) is 3.29. The van der Waals surface area contributed by atoms with Crippen LogP contribution in [0.3, 0.4) is 0 Å². The van der Waals surface area contributed by atoms with Gasteiger partial charge in [-0.1, -0.05) is 11.6 Å². The molecule has 136 valence electrons. The molecule has 5 nitrogen and oxygen atoms in total. The van der Waals surface area contributed by atoms with Crippen LogP contribution in [0.2, 0.25) is 5.15 Å². The number of rotatable bonds is 4. The zero-order chi connectivity index (χ0) is 18.8. The van der Waals surface area contributed by atoms with Crippen molar-refractivity contribution in [1.82, 2.24) is 14.9 Å². The Bertz CT molecular complexity index is 881. The third-order valence-electron chi connectivity index (χ3n) is 4.81.